The first-order valence-corrected chi connectivity index (χ1v) is 6.48. The lowest BCUT2D eigenvalue weighted by molar-refractivity contribution is 0.0110. The molecule has 1 fully saturated rings. The average molecular weight is 278 g/mol. The van der Waals surface area contributed by atoms with E-state index >= 15 is 0 Å². The van der Waals surface area contributed by atoms with E-state index in [1.165, 1.54) is 7.11 Å². The number of nitrogens with one attached hydrogen (secondary N) is 1. The molecule has 0 spiro atoms. The van der Waals surface area contributed by atoms with Crippen LogP contribution < -0.4 is 5.32 Å². The Morgan fingerprint density at radius 1 is 1.25 bits per heavy atom. The van der Waals surface area contributed by atoms with Gasteiger partial charge in [-0.15, -0.1) is 0 Å². The van der Waals surface area contributed by atoms with Gasteiger partial charge in [-0.25, -0.2) is 4.79 Å². The number of ether oxygens (including phenoxy) is 2. The van der Waals surface area contributed by atoms with E-state index in [1.807, 2.05) is 11.0 Å². The molecular weight excluding hydrogens is 260 g/mol. The maximum atomic E-state index is 12.5. The Balaban J connectivity index is 2.16. The number of alkyl carbamates (subject to hydrolysis) is 1. The third kappa shape index (κ3) is 3.55. The van der Waals surface area contributed by atoms with Crippen LogP contribution in [0.3, 0.4) is 0 Å². The van der Waals surface area contributed by atoms with Gasteiger partial charge in [0.15, 0.2) is 5.78 Å². The monoisotopic (exact) mass is 278 g/mol. The normalized spacial score (nSPS) is 17.2. The molecule has 0 bridgehead atoms. The molecule has 1 saturated heterocycles. The fourth-order valence-electron chi connectivity index (χ4n) is 2.09. The second kappa shape index (κ2) is 7.02. The van der Waals surface area contributed by atoms with E-state index in [-0.39, 0.29) is 5.78 Å². The van der Waals surface area contributed by atoms with Crippen molar-refractivity contribution in [2.24, 2.45) is 0 Å². The Labute approximate surface area is 117 Å². The molecule has 2 rings (SSSR count). The Bertz CT molecular complexity index is 458. The van der Waals surface area contributed by atoms with Crippen LogP contribution in [0.5, 0.6) is 0 Å². The maximum Gasteiger partial charge on any atom is 0.408 e. The Morgan fingerprint density at radius 2 is 1.90 bits per heavy atom. The predicted octanol–water partition coefficient (Wildman–Crippen LogP) is 0.884. The number of benzene rings is 1. The minimum Gasteiger partial charge on any atom is -0.453 e. The molecule has 6 heteroatoms. The number of rotatable bonds is 4. The Morgan fingerprint density at radius 3 is 2.50 bits per heavy atom. The summed E-state index contributed by atoms with van der Waals surface area (Å²) in [6, 6.07) is 8.89. The van der Waals surface area contributed by atoms with E-state index in [9.17, 15) is 9.59 Å². The SMILES string of the molecule is COC(=O)N[C@H](C(=O)c1ccccc1)N1CCOCC1. The zero-order valence-corrected chi connectivity index (χ0v) is 11.4. The summed E-state index contributed by atoms with van der Waals surface area (Å²) in [6.45, 7) is 2.27. The predicted molar refractivity (Wildman–Crippen MR) is 72.5 cm³/mol. The molecule has 20 heavy (non-hydrogen) atoms. The minimum atomic E-state index is -0.728. The van der Waals surface area contributed by atoms with Gasteiger partial charge in [0, 0.05) is 18.7 Å². The molecule has 1 aromatic rings. The molecule has 6 nitrogen and oxygen atoms in total. The van der Waals surface area contributed by atoms with Gasteiger partial charge in [0.1, 0.15) is 6.17 Å². The van der Waals surface area contributed by atoms with Gasteiger partial charge < -0.3 is 9.47 Å². The first kappa shape index (κ1) is 14.5. The smallest absolute Gasteiger partial charge is 0.408 e. The van der Waals surface area contributed by atoms with Crippen LogP contribution in [0, 0.1) is 0 Å². The molecule has 1 aliphatic rings. The van der Waals surface area contributed by atoms with Crippen LogP contribution in [-0.4, -0.2) is 56.4 Å². The van der Waals surface area contributed by atoms with Crippen LogP contribution in [0.2, 0.25) is 0 Å². The number of ketones is 1. The lowest BCUT2D eigenvalue weighted by Crippen LogP contribution is -2.56. The number of Topliss-reactive ketones (excluding diaryl/α,β-unsaturated/α-hetero) is 1. The molecule has 1 atom stereocenters. The minimum absolute atomic E-state index is 0.155. The van der Waals surface area contributed by atoms with Crippen molar-refractivity contribution in [2.45, 2.75) is 6.17 Å². The van der Waals surface area contributed by atoms with Gasteiger partial charge in [0.2, 0.25) is 0 Å². The van der Waals surface area contributed by atoms with Crippen molar-refractivity contribution < 1.29 is 19.1 Å². The van der Waals surface area contributed by atoms with Gasteiger partial charge in [-0.2, -0.15) is 0 Å². The molecule has 0 saturated carbocycles. The van der Waals surface area contributed by atoms with Crippen LogP contribution in [0.15, 0.2) is 30.3 Å². The van der Waals surface area contributed by atoms with Crippen LogP contribution in [0.1, 0.15) is 10.4 Å². The number of hydrogen-bond acceptors (Lipinski definition) is 5. The third-order valence-corrected chi connectivity index (χ3v) is 3.16. The molecule has 1 amide bonds. The first-order valence-electron chi connectivity index (χ1n) is 6.48. The molecule has 1 aliphatic heterocycles. The number of carbonyl (C=O) groups is 2. The number of morpholine rings is 1. The lowest BCUT2D eigenvalue weighted by Gasteiger charge is -2.33. The first-order chi connectivity index (χ1) is 9.72. The van der Waals surface area contributed by atoms with Crippen LogP contribution in [0.25, 0.3) is 0 Å². The fraction of sp³-hybridized carbons (Fsp3) is 0.429. The van der Waals surface area contributed by atoms with Gasteiger partial charge >= 0.3 is 6.09 Å². The van der Waals surface area contributed by atoms with E-state index in [4.69, 9.17) is 4.74 Å². The van der Waals surface area contributed by atoms with E-state index in [0.29, 0.717) is 31.9 Å². The molecule has 1 heterocycles. The Hall–Kier alpha value is -1.92. The number of hydrogen-bond donors (Lipinski definition) is 1. The van der Waals surface area contributed by atoms with Crippen molar-refractivity contribution in [3.63, 3.8) is 0 Å². The van der Waals surface area contributed by atoms with Crippen molar-refractivity contribution >= 4 is 11.9 Å². The summed E-state index contributed by atoms with van der Waals surface area (Å²) in [7, 11) is 1.28. The number of nitrogens with zero attached hydrogens (tertiary/aromatic N) is 1. The quantitative estimate of drug-likeness (QED) is 0.828. The van der Waals surface area contributed by atoms with Crippen LogP contribution in [0.4, 0.5) is 4.79 Å². The number of methoxy groups -OCH3 is 1. The molecule has 1 N–H and O–H groups in total. The summed E-state index contributed by atoms with van der Waals surface area (Å²) in [6.07, 6.45) is -1.35. The molecule has 0 aromatic heterocycles. The molecule has 0 radical (unpaired) electrons. The molecule has 0 unspecified atom stereocenters. The van der Waals surface area contributed by atoms with Crippen LogP contribution >= 0.6 is 0 Å². The van der Waals surface area contributed by atoms with Crippen molar-refractivity contribution in [3.05, 3.63) is 35.9 Å². The summed E-state index contributed by atoms with van der Waals surface area (Å²) < 4.78 is 9.87. The van der Waals surface area contributed by atoms with Gasteiger partial charge in [0.05, 0.1) is 20.3 Å². The van der Waals surface area contributed by atoms with Gasteiger partial charge in [0.25, 0.3) is 0 Å². The Kier molecular flexibility index (Phi) is 5.09. The standard InChI is InChI=1S/C14H18N2O4/c1-19-14(18)15-13(16-7-9-20-10-8-16)12(17)11-5-3-2-4-6-11/h2-6,13H,7-10H2,1H3,(H,15,18)/t13-/m0/s1. The zero-order valence-electron chi connectivity index (χ0n) is 11.4. The maximum absolute atomic E-state index is 12.5. The summed E-state index contributed by atoms with van der Waals surface area (Å²) >= 11 is 0. The third-order valence-electron chi connectivity index (χ3n) is 3.16. The molecule has 0 aliphatic carbocycles. The highest BCUT2D eigenvalue weighted by atomic mass is 16.5. The van der Waals surface area contributed by atoms with E-state index in [0.717, 1.165) is 0 Å². The van der Waals surface area contributed by atoms with Gasteiger partial charge in [-0.3, -0.25) is 15.0 Å². The second-order valence-electron chi connectivity index (χ2n) is 4.42. The fourth-order valence-corrected chi connectivity index (χ4v) is 2.09. The number of amides is 1. The van der Waals surface area contributed by atoms with E-state index in [2.05, 4.69) is 10.1 Å². The van der Waals surface area contributed by atoms with Crippen molar-refractivity contribution in [3.8, 4) is 0 Å². The summed E-state index contributed by atoms with van der Waals surface area (Å²) in [5.74, 6) is -0.155. The topological polar surface area (TPSA) is 67.9 Å². The van der Waals surface area contributed by atoms with E-state index in [1.54, 1.807) is 24.3 Å². The average Bonchev–Trinajstić information content (AvgIpc) is 2.53. The largest absolute Gasteiger partial charge is 0.453 e. The molecule has 108 valence electrons. The van der Waals surface area contributed by atoms with Crippen LogP contribution in [-0.2, 0) is 9.47 Å². The van der Waals surface area contributed by atoms with E-state index < -0.39 is 12.3 Å². The van der Waals surface area contributed by atoms with Crippen molar-refractivity contribution in [1.29, 1.82) is 0 Å². The molecule has 1 aromatic carbocycles. The summed E-state index contributed by atoms with van der Waals surface area (Å²) in [4.78, 5) is 25.9. The van der Waals surface area contributed by atoms with Crippen molar-refractivity contribution in [2.75, 3.05) is 33.4 Å². The number of carbonyl (C=O) groups excluding carboxylic acids is 2. The highest BCUT2D eigenvalue weighted by Crippen LogP contribution is 2.10. The van der Waals surface area contributed by atoms with Crippen molar-refractivity contribution in [1.82, 2.24) is 10.2 Å². The second-order valence-corrected chi connectivity index (χ2v) is 4.42. The highest BCUT2D eigenvalue weighted by Gasteiger charge is 2.29. The van der Waals surface area contributed by atoms with Gasteiger partial charge in [-0.1, -0.05) is 30.3 Å². The zero-order chi connectivity index (χ0) is 14.4. The molecular formula is C14H18N2O4. The summed E-state index contributed by atoms with van der Waals surface area (Å²) in [5.41, 5.74) is 0.556. The van der Waals surface area contributed by atoms with Gasteiger partial charge in [-0.05, 0) is 0 Å². The highest BCUT2D eigenvalue weighted by molar-refractivity contribution is 6.01. The summed E-state index contributed by atoms with van der Waals surface area (Å²) in [5, 5.41) is 2.59. The lowest BCUT2D eigenvalue weighted by atomic mass is 10.1.